The van der Waals surface area contributed by atoms with Crippen molar-refractivity contribution < 1.29 is 0 Å². The van der Waals surface area contributed by atoms with Crippen molar-refractivity contribution in [1.82, 2.24) is 0 Å². The van der Waals surface area contributed by atoms with E-state index in [1.165, 1.54) is 0 Å². The van der Waals surface area contributed by atoms with E-state index >= 15 is 0 Å². The molecule has 0 amide bonds. The zero-order valence-corrected chi connectivity index (χ0v) is 11.5. The Morgan fingerprint density at radius 3 is 2.72 bits per heavy atom. The monoisotopic (exact) mass is 301 g/mol. The van der Waals surface area contributed by atoms with Crippen LogP contribution in [-0.4, -0.2) is 0 Å². The first kappa shape index (κ1) is 12.5. The second kappa shape index (κ2) is 5.11. The van der Waals surface area contributed by atoms with Crippen LogP contribution < -0.4 is 11.1 Å². The number of anilines is 3. The molecule has 2 aromatic rings. The molecule has 0 bridgehead atoms. The Balaban J connectivity index is 2.41. The fourth-order valence-electron chi connectivity index (χ4n) is 1.65. The Kier molecular flexibility index (Phi) is 3.54. The molecule has 0 fully saturated rings. The normalized spacial score (nSPS) is 9.83. The highest BCUT2D eigenvalue weighted by molar-refractivity contribution is 9.10. The quantitative estimate of drug-likeness (QED) is 0.826. The largest absolute Gasteiger partial charge is 0.398 e. The van der Waals surface area contributed by atoms with Gasteiger partial charge >= 0.3 is 0 Å². The van der Waals surface area contributed by atoms with Crippen molar-refractivity contribution in [2.45, 2.75) is 6.92 Å². The van der Waals surface area contributed by atoms with Gasteiger partial charge < -0.3 is 11.1 Å². The average Bonchev–Trinajstić information content (AvgIpc) is 2.37. The zero-order valence-electron chi connectivity index (χ0n) is 9.87. The number of hydrogen-bond donors (Lipinski definition) is 2. The van der Waals surface area contributed by atoms with Gasteiger partial charge in [0.15, 0.2) is 0 Å². The van der Waals surface area contributed by atoms with Gasteiger partial charge in [-0.3, -0.25) is 0 Å². The molecular formula is C14H12BrN3. The van der Waals surface area contributed by atoms with E-state index in [9.17, 15) is 0 Å². The molecule has 90 valence electrons. The molecule has 2 rings (SSSR count). The lowest BCUT2D eigenvalue weighted by Crippen LogP contribution is -1.98. The van der Waals surface area contributed by atoms with Crippen molar-refractivity contribution in [3.05, 3.63) is 52.0 Å². The van der Waals surface area contributed by atoms with Crippen molar-refractivity contribution >= 4 is 33.0 Å². The molecule has 2 aromatic carbocycles. The molecule has 0 aliphatic heterocycles. The number of hydrogen-bond acceptors (Lipinski definition) is 3. The molecule has 3 N–H and O–H groups in total. The van der Waals surface area contributed by atoms with E-state index in [-0.39, 0.29) is 0 Å². The van der Waals surface area contributed by atoms with Gasteiger partial charge in [-0.15, -0.1) is 0 Å². The Morgan fingerprint density at radius 2 is 2.00 bits per heavy atom. The number of nitrogens with one attached hydrogen (secondary N) is 1. The summed E-state index contributed by atoms with van der Waals surface area (Å²) in [7, 11) is 0. The van der Waals surface area contributed by atoms with Gasteiger partial charge in [0.1, 0.15) is 6.07 Å². The van der Waals surface area contributed by atoms with Crippen LogP contribution in [0.5, 0.6) is 0 Å². The lowest BCUT2D eigenvalue weighted by atomic mass is 10.1. The van der Waals surface area contributed by atoms with Gasteiger partial charge in [-0.2, -0.15) is 5.26 Å². The van der Waals surface area contributed by atoms with E-state index < -0.39 is 0 Å². The molecule has 4 heteroatoms. The summed E-state index contributed by atoms with van der Waals surface area (Å²) >= 11 is 3.35. The van der Waals surface area contributed by atoms with Gasteiger partial charge in [0.25, 0.3) is 0 Å². The minimum absolute atomic E-state index is 0.589. The number of nitrogens with two attached hydrogens (primary N) is 1. The van der Waals surface area contributed by atoms with E-state index in [2.05, 4.69) is 27.3 Å². The second-order valence-corrected chi connectivity index (χ2v) is 4.86. The molecule has 0 spiro atoms. The van der Waals surface area contributed by atoms with Crippen LogP contribution in [-0.2, 0) is 0 Å². The number of nitrogen functional groups attached to an aromatic ring is 1. The molecule has 3 nitrogen and oxygen atoms in total. The maximum Gasteiger partial charge on any atom is 0.101 e. The topological polar surface area (TPSA) is 61.8 Å². The molecule has 0 atom stereocenters. The molecule has 18 heavy (non-hydrogen) atoms. The third kappa shape index (κ3) is 2.47. The van der Waals surface area contributed by atoms with E-state index in [0.717, 1.165) is 27.1 Å². The van der Waals surface area contributed by atoms with Gasteiger partial charge in [-0.1, -0.05) is 22.0 Å². The molecular weight excluding hydrogens is 290 g/mol. The van der Waals surface area contributed by atoms with E-state index in [0.29, 0.717) is 5.56 Å². The van der Waals surface area contributed by atoms with Crippen molar-refractivity contribution in [2.75, 3.05) is 11.1 Å². The number of nitriles is 1. The summed E-state index contributed by atoms with van der Waals surface area (Å²) in [4.78, 5) is 0. The molecule has 0 aliphatic rings. The van der Waals surface area contributed by atoms with Crippen LogP contribution >= 0.6 is 15.9 Å². The molecule has 0 aromatic heterocycles. The van der Waals surface area contributed by atoms with Crippen LogP contribution in [0.25, 0.3) is 0 Å². The van der Waals surface area contributed by atoms with Crippen LogP contribution in [0.3, 0.4) is 0 Å². The zero-order chi connectivity index (χ0) is 13.1. The standard InChI is InChI=1S/C14H12BrN3/c1-9-12(17)3-2-4-13(9)18-14-6-5-11(15)7-10(14)8-16/h2-7,18H,17H2,1H3. The summed E-state index contributed by atoms with van der Waals surface area (Å²) in [5, 5.41) is 12.3. The van der Waals surface area contributed by atoms with Gasteiger partial charge in [0.2, 0.25) is 0 Å². The summed E-state index contributed by atoms with van der Waals surface area (Å²) in [6, 6.07) is 13.4. The third-order valence-corrected chi connectivity index (χ3v) is 3.24. The van der Waals surface area contributed by atoms with Gasteiger partial charge in [-0.05, 0) is 42.8 Å². The average molecular weight is 302 g/mol. The highest BCUT2D eigenvalue weighted by Crippen LogP contribution is 2.27. The predicted octanol–water partition coefficient (Wildman–Crippen LogP) is 3.96. The van der Waals surface area contributed by atoms with Crippen LogP contribution in [0.4, 0.5) is 17.1 Å². The SMILES string of the molecule is Cc1c(N)cccc1Nc1ccc(Br)cc1C#N. The van der Waals surface area contributed by atoms with Gasteiger partial charge in [0, 0.05) is 15.8 Å². The molecule has 0 radical (unpaired) electrons. The fourth-order valence-corrected chi connectivity index (χ4v) is 2.01. The van der Waals surface area contributed by atoms with Crippen molar-refractivity contribution in [3.8, 4) is 6.07 Å². The second-order valence-electron chi connectivity index (χ2n) is 3.95. The maximum absolute atomic E-state index is 9.11. The van der Waals surface area contributed by atoms with Crippen LogP contribution in [0.1, 0.15) is 11.1 Å². The van der Waals surface area contributed by atoms with Crippen molar-refractivity contribution in [1.29, 1.82) is 5.26 Å². The summed E-state index contributed by atoms with van der Waals surface area (Å²) < 4.78 is 0.883. The minimum atomic E-state index is 0.589. The van der Waals surface area contributed by atoms with E-state index in [4.69, 9.17) is 11.0 Å². The van der Waals surface area contributed by atoms with Crippen LogP contribution in [0.15, 0.2) is 40.9 Å². The van der Waals surface area contributed by atoms with Crippen molar-refractivity contribution in [3.63, 3.8) is 0 Å². The summed E-state index contributed by atoms with van der Waals surface area (Å²) in [5.41, 5.74) is 9.84. The van der Waals surface area contributed by atoms with Crippen molar-refractivity contribution in [2.24, 2.45) is 0 Å². The number of benzene rings is 2. The van der Waals surface area contributed by atoms with Crippen LogP contribution in [0, 0.1) is 18.3 Å². The molecule has 0 unspecified atom stereocenters. The molecule has 0 aliphatic carbocycles. The highest BCUT2D eigenvalue weighted by Gasteiger charge is 2.06. The Labute approximate surface area is 114 Å². The Morgan fingerprint density at radius 1 is 1.22 bits per heavy atom. The summed E-state index contributed by atoms with van der Waals surface area (Å²) in [5.74, 6) is 0. The van der Waals surface area contributed by atoms with E-state index in [1.807, 2.05) is 37.3 Å². The first-order chi connectivity index (χ1) is 8.61. The third-order valence-electron chi connectivity index (χ3n) is 2.75. The lowest BCUT2D eigenvalue weighted by molar-refractivity contribution is 1.41. The first-order valence-corrected chi connectivity index (χ1v) is 6.23. The van der Waals surface area contributed by atoms with E-state index in [1.54, 1.807) is 6.07 Å². The Bertz CT molecular complexity index is 629. The minimum Gasteiger partial charge on any atom is -0.398 e. The predicted molar refractivity (Wildman–Crippen MR) is 77.7 cm³/mol. The first-order valence-electron chi connectivity index (χ1n) is 5.43. The number of halogens is 1. The highest BCUT2D eigenvalue weighted by atomic mass is 79.9. The molecule has 0 heterocycles. The summed E-state index contributed by atoms with van der Waals surface area (Å²) in [6.07, 6.45) is 0. The Hall–Kier alpha value is -1.99. The fraction of sp³-hybridized carbons (Fsp3) is 0.0714. The smallest absolute Gasteiger partial charge is 0.101 e. The molecule has 0 saturated carbocycles. The maximum atomic E-state index is 9.11. The molecule has 0 saturated heterocycles. The lowest BCUT2D eigenvalue weighted by Gasteiger charge is -2.12. The van der Waals surface area contributed by atoms with Gasteiger partial charge in [0.05, 0.1) is 11.3 Å². The summed E-state index contributed by atoms with van der Waals surface area (Å²) in [6.45, 7) is 1.95. The number of nitrogens with zero attached hydrogens (tertiary/aromatic N) is 1. The number of rotatable bonds is 2. The van der Waals surface area contributed by atoms with Gasteiger partial charge in [-0.25, -0.2) is 0 Å². The van der Waals surface area contributed by atoms with Crippen LogP contribution in [0.2, 0.25) is 0 Å².